The molecule has 0 bridgehead atoms. The van der Waals surface area contributed by atoms with Gasteiger partial charge < -0.3 is 5.32 Å². The van der Waals surface area contributed by atoms with Gasteiger partial charge in [0.15, 0.2) is 5.82 Å². The van der Waals surface area contributed by atoms with Gasteiger partial charge >= 0.3 is 0 Å². The van der Waals surface area contributed by atoms with Crippen molar-refractivity contribution in [1.82, 2.24) is 9.55 Å². The van der Waals surface area contributed by atoms with E-state index in [4.69, 9.17) is 11.6 Å². The second kappa shape index (κ2) is 5.72. The van der Waals surface area contributed by atoms with Crippen molar-refractivity contribution in [3.63, 3.8) is 0 Å². The summed E-state index contributed by atoms with van der Waals surface area (Å²) in [5.41, 5.74) is 0.692. The van der Waals surface area contributed by atoms with Gasteiger partial charge in [-0.05, 0) is 25.1 Å². The monoisotopic (exact) mass is 280 g/mol. The first-order valence-corrected chi connectivity index (χ1v) is 6.99. The van der Waals surface area contributed by atoms with Crippen molar-refractivity contribution in [2.45, 2.75) is 32.9 Å². The average molecular weight is 281 g/mol. The predicted octanol–water partition coefficient (Wildman–Crippen LogP) is 1.71. The van der Waals surface area contributed by atoms with Gasteiger partial charge in [-0.2, -0.15) is 0 Å². The summed E-state index contributed by atoms with van der Waals surface area (Å²) >= 11 is 5.99. The van der Waals surface area contributed by atoms with Gasteiger partial charge in [-0.1, -0.05) is 18.5 Å². The van der Waals surface area contributed by atoms with E-state index < -0.39 is 0 Å². The summed E-state index contributed by atoms with van der Waals surface area (Å²) in [6.45, 7) is 4.69. The highest BCUT2D eigenvalue weighted by molar-refractivity contribution is 6.31. The molecule has 0 radical (unpaired) electrons. The molecule has 2 N–H and O–H groups in total. The molecule has 102 valence electrons. The SMILES string of the molecule is CC[C@H]([NH2+]C)c1nc2cc(Cl)ccc2c(=O)n1CC. The van der Waals surface area contributed by atoms with Gasteiger partial charge in [0.2, 0.25) is 0 Å². The summed E-state index contributed by atoms with van der Waals surface area (Å²) in [5, 5.41) is 3.32. The van der Waals surface area contributed by atoms with Crippen LogP contribution in [-0.2, 0) is 6.54 Å². The van der Waals surface area contributed by atoms with Crippen molar-refractivity contribution in [1.29, 1.82) is 0 Å². The lowest BCUT2D eigenvalue weighted by Crippen LogP contribution is -2.81. The van der Waals surface area contributed by atoms with Crippen LogP contribution in [0.4, 0.5) is 0 Å². The maximum atomic E-state index is 12.5. The summed E-state index contributed by atoms with van der Waals surface area (Å²) in [6.07, 6.45) is 0.926. The van der Waals surface area contributed by atoms with Crippen molar-refractivity contribution in [2.24, 2.45) is 0 Å². The van der Waals surface area contributed by atoms with Crippen molar-refractivity contribution in [2.75, 3.05) is 7.05 Å². The normalized spacial score (nSPS) is 12.8. The van der Waals surface area contributed by atoms with Gasteiger partial charge in [-0.15, -0.1) is 0 Å². The molecule has 1 aromatic carbocycles. The maximum absolute atomic E-state index is 12.5. The number of rotatable bonds is 4. The number of hydrogen-bond acceptors (Lipinski definition) is 2. The third kappa shape index (κ3) is 2.51. The van der Waals surface area contributed by atoms with E-state index in [0.717, 1.165) is 12.2 Å². The second-order valence-corrected chi connectivity index (χ2v) is 4.97. The predicted molar refractivity (Wildman–Crippen MR) is 77.6 cm³/mol. The Morgan fingerprint density at radius 2 is 2.16 bits per heavy atom. The van der Waals surface area contributed by atoms with Crippen LogP contribution < -0.4 is 10.9 Å². The lowest BCUT2D eigenvalue weighted by Gasteiger charge is -2.16. The van der Waals surface area contributed by atoms with Crippen molar-refractivity contribution < 1.29 is 5.32 Å². The van der Waals surface area contributed by atoms with Gasteiger partial charge in [-0.3, -0.25) is 9.36 Å². The number of benzene rings is 1. The topological polar surface area (TPSA) is 51.5 Å². The largest absolute Gasteiger partial charge is 0.340 e. The van der Waals surface area contributed by atoms with Crippen LogP contribution in [0.1, 0.15) is 32.1 Å². The smallest absolute Gasteiger partial charge is 0.261 e. The molecule has 19 heavy (non-hydrogen) atoms. The Kier molecular flexibility index (Phi) is 4.22. The van der Waals surface area contributed by atoms with E-state index in [0.29, 0.717) is 22.5 Å². The minimum atomic E-state index is 0.0134. The Labute approximate surface area is 117 Å². The van der Waals surface area contributed by atoms with Gasteiger partial charge in [0.1, 0.15) is 6.04 Å². The molecule has 0 unspecified atom stereocenters. The first-order valence-electron chi connectivity index (χ1n) is 6.61. The van der Waals surface area contributed by atoms with Crippen LogP contribution in [0.25, 0.3) is 10.9 Å². The summed E-state index contributed by atoms with van der Waals surface area (Å²) in [6, 6.07) is 5.43. The quantitative estimate of drug-likeness (QED) is 0.927. The number of hydrogen-bond donors (Lipinski definition) is 1. The summed E-state index contributed by atoms with van der Waals surface area (Å²) in [4.78, 5) is 17.2. The summed E-state index contributed by atoms with van der Waals surface area (Å²) in [7, 11) is 2.00. The lowest BCUT2D eigenvalue weighted by atomic mass is 10.1. The first kappa shape index (κ1) is 14.0. The zero-order valence-corrected chi connectivity index (χ0v) is 12.2. The molecule has 0 aliphatic rings. The number of nitrogens with two attached hydrogens (primary N) is 1. The molecule has 2 aromatic rings. The second-order valence-electron chi connectivity index (χ2n) is 4.53. The molecule has 0 aliphatic carbocycles. The van der Waals surface area contributed by atoms with Crippen LogP contribution in [-0.4, -0.2) is 16.6 Å². The Morgan fingerprint density at radius 3 is 2.74 bits per heavy atom. The van der Waals surface area contributed by atoms with Crippen LogP contribution in [0.2, 0.25) is 5.02 Å². The highest BCUT2D eigenvalue weighted by atomic mass is 35.5. The molecule has 1 heterocycles. The molecule has 4 nitrogen and oxygen atoms in total. The van der Waals surface area contributed by atoms with Gasteiger partial charge in [0.05, 0.1) is 18.0 Å². The molecule has 5 heteroatoms. The van der Waals surface area contributed by atoms with Crippen molar-refractivity contribution in [3.8, 4) is 0 Å². The lowest BCUT2D eigenvalue weighted by molar-refractivity contribution is -0.672. The Hall–Kier alpha value is -1.39. The number of halogens is 1. The number of fused-ring (bicyclic) bond motifs is 1. The van der Waals surface area contributed by atoms with Crippen molar-refractivity contribution in [3.05, 3.63) is 39.4 Å². The zero-order valence-electron chi connectivity index (χ0n) is 11.5. The molecule has 0 aliphatic heterocycles. The Balaban J connectivity index is 2.79. The van der Waals surface area contributed by atoms with E-state index in [1.807, 2.05) is 14.0 Å². The molecule has 0 saturated heterocycles. The standard InChI is InChI=1S/C14H18ClN3O/c1-4-11(16-3)13-17-12-8-9(15)6-7-10(12)14(19)18(13)5-2/h6-8,11,16H,4-5H2,1-3H3/p+1/t11-/m0/s1. The molecular formula is C14H19ClN3O+. The third-order valence-electron chi connectivity index (χ3n) is 3.44. The van der Waals surface area contributed by atoms with Crippen LogP contribution in [0.15, 0.2) is 23.0 Å². The minimum Gasteiger partial charge on any atom is -0.340 e. The van der Waals surface area contributed by atoms with Gasteiger partial charge in [-0.25, -0.2) is 4.98 Å². The third-order valence-corrected chi connectivity index (χ3v) is 3.67. The summed E-state index contributed by atoms with van der Waals surface area (Å²) in [5.74, 6) is 0.826. The fourth-order valence-corrected chi connectivity index (χ4v) is 2.53. The van der Waals surface area contributed by atoms with E-state index in [2.05, 4.69) is 17.2 Å². The van der Waals surface area contributed by atoms with Crippen LogP contribution in [0, 0.1) is 0 Å². The summed E-state index contributed by atoms with van der Waals surface area (Å²) < 4.78 is 1.75. The van der Waals surface area contributed by atoms with E-state index >= 15 is 0 Å². The van der Waals surface area contributed by atoms with Crippen LogP contribution in [0.5, 0.6) is 0 Å². The molecule has 0 saturated carbocycles. The maximum Gasteiger partial charge on any atom is 0.261 e. The van der Waals surface area contributed by atoms with E-state index in [-0.39, 0.29) is 11.6 Å². The first-order chi connectivity index (χ1) is 9.12. The van der Waals surface area contributed by atoms with Crippen LogP contribution in [0.3, 0.4) is 0 Å². The molecule has 2 rings (SSSR count). The molecule has 1 aromatic heterocycles. The fraction of sp³-hybridized carbons (Fsp3) is 0.429. The highest BCUT2D eigenvalue weighted by Gasteiger charge is 2.19. The van der Waals surface area contributed by atoms with E-state index in [9.17, 15) is 4.79 Å². The van der Waals surface area contributed by atoms with Crippen molar-refractivity contribution >= 4 is 22.5 Å². The molecular weight excluding hydrogens is 262 g/mol. The molecule has 0 fully saturated rings. The van der Waals surface area contributed by atoms with E-state index in [1.54, 1.807) is 22.8 Å². The molecule has 0 amide bonds. The van der Waals surface area contributed by atoms with Crippen LogP contribution >= 0.6 is 11.6 Å². The number of aromatic nitrogens is 2. The Bertz CT molecular complexity index is 647. The minimum absolute atomic E-state index is 0.0134. The number of quaternary nitrogens is 1. The zero-order chi connectivity index (χ0) is 14.0. The van der Waals surface area contributed by atoms with E-state index in [1.165, 1.54) is 0 Å². The Morgan fingerprint density at radius 1 is 1.42 bits per heavy atom. The number of nitrogens with zero attached hydrogens (tertiary/aromatic N) is 2. The highest BCUT2D eigenvalue weighted by Crippen LogP contribution is 2.17. The van der Waals surface area contributed by atoms with Gasteiger partial charge in [0, 0.05) is 18.0 Å². The molecule has 1 atom stereocenters. The average Bonchev–Trinajstić information content (AvgIpc) is 2.40. The molecule has 0 spiro atoms. The fourth-order valence-electron chi connectivity index (χ4n) is 2.37. The van der Waals surface area contributed by atoms with Gasteiger partial charge in [0.25, 0.3) is 5.56 Å².